The van der Waals surface area contributed by atoms with Crippen molar-refractivity contribution in [3.63, 3.8) is 0 Å². The van der Waals surface area contributed by atoms with Crippen LogP contribution in [-0.2, 0) is 14.8 Å². The first-order chi connectivity index (χ1) is 10.8. The molecule has 1 aromatic carbocycles. The van der Waals surface area contributed by atoms with Crippen LogP contribution in [0.3, 0.4) is 0 Å². The van der Waals surface area contributed by atoms with Crippen molar-refractivity contribution in [3.8, 4) is 0 Å². The number of likely N-dealkylation sites (tertiary alicyclic amines) is 1. The number of carbonyl (C=O) groups excluding carboxylic acids is 1. The lowest BCUT2D eigenvalue weighted by atomic mass is 10.00. The molecule has 1 atom stereocenters. The number of rotatable bonds is 5. The number of hydrogen-bond acceptors (Lipinski definition) is 3. The first-order valence-electron chi connectivity index (χ1n) is 8.09. The van der Waals surface area contributed by atoms with E-state index in [-0.39, 0.29) is 18.9 Å². The van der Waals surface area contributed by atoms with Gasteiger partial charge in [0, 0.05) is 26.1 Å². The second-order valence-corrected chi connectivity index (χ2v) is 8.41. The van der Waals surface area contributed by atoms with Gasteiger partial charge in [0.1, 0.15) is 0 Å². The van der Waals surface area contributed by atoms with E-state index in [1.165, 1.54) is 10.6 Å². The molecule has 128 valence electrons. The number of aryl methyl sites for hydroxylation is 1. The Morgan fingerprint density at radius 3 is 2.52 bits per heavy atom. The lowest BCUT2D eigenvalue weighted by Crippen LogP contribution is -2.41. The number of nitrogens with zero attached hydrogens (tertiary/aromatic N) is 2. The highest BCUT2D eigenvalue weighted by atomic mass is 32.2. The highest BCUT2D eigenvalue weighted by molar-refractivity contribution is 7.92. The van der Waals surface area contributed by atoms with Gasteiger partial charge in [-0.2, -0.15) is 0 Å². The normalized spacial score (nSPS) is 18.7. The molecule has 1 aliphatic heterocycles. The molecule has 0 spiro atoms. The summed E-state index contributed by atoms with van der Waals surface area (Å²) in [5.74, 6) is 0.563. The number of piperidine rings is 1. The standard InChI is InChI=1S/C17H26N2O3S/c1-14-6-8-16(9-7-14)19(23(3,21)22)12-10-17(20)18-11-4-5-15(2)13-18/h6-9,15H,4-5,10-13H2,1-3H3. The highest BCUT2D eigenvalue weighted by Crippen LogP contribution is 2.20. The van der Waals surface area contributed by atoms with Gasteiger partial charge in [0.05, 0.1) is 11.9 Å². The Bertz CT molecular complexity index is 640. The molecule has 1 unspecified atom stereocenters. The maximum absolute atomic E-state index is 12.4. The number of benzene rings is 1. The van der Waals surface area contributed by atoms with Crippen molar-refractivity contribution in [3.05, 3.63) is 29.8 Å². The first-order valence-corrected chi connectivity index (χ1v) is 9.94. The monoisotopic (exact) mass is 338 g/mol. The molecule has 1 fully saturated rings. The molecular formula is C17H26N2O3S. The van der Waals surface area contributed by atoms with E-state index in [0.29, 0.717) is 11.6 Å². The van der Waals surface area contributed by atoms with Crippen LogP contribution in [0.1, 0.15) is 31.7 Å². The van der Waals surface area contributed by atoms with E-state index in [9.17, 15) is 13.2 Å². The van der Waals surface area contributed by atoms with Crippen LogP contribution >= 0.6 is 0 Å². The lowest BCUT2D eigenvalue weighted by Gasteiger charge is -2.31. The van der Waals surface area contributed by atoms with Gasteiger partial charge in [0.2, 0.25) is 15.9 Å². The minimum absolute atomic E-state index is 0.0392. The zero-order valence-corrected chi connectivity index (χ0v) is 15.0. The van der Waals surface area contributed by atoms with Gasteiger partial charge < -0.3 is 4.90 Å². The molecule has 1 heterocycles. The van der Waals surface area contributed by atoms with Crippen molar-refractivity contribution < 1.29 is 13.2 Å². The average Bonchev–Trinajstić information content (AvgIpc) is 2.47. The first kappa shape index (κ1) is 17.8. The SMILES string of the molecule is Cc1ccc(N(CCC(=O)N2CCCC(C)C2)S(C)(=O)=O)cc1. The maximum atomic E-state index is 12.4. The van der Waals surface area contributed by atoms with Gasteiger partial charge >= 0.3 is 0 Å². The summed E-state index contributed by atoms with van der Waals surface area (Å²) in [6.45, 7) is 5.85. The summed E-state index contributed by atoms with van der Waals surface area (Å²) in [6.07, 6.45) is 3.58. The number of amides is 1. The summed E-state index contributed by atoms with van der Waals surface area (Å²) in [5.41, 5.74) is 1.68. The van der Waals surface area contributed by atoms with Crippen molar-refractivity contribution in [2.75, 3.05) is 30.2 Å². The lowest BCUT2D eigenvalue weighted by molar-refractivity contribution is -0.132. The van der Waals surface area contributed by atoms with Crippen LogP contribution in [-0.4, -0.2) is 45.1 Å². The van der Waals surface area contributed by atoms with E-state index in [4.69, 9.17) is 0 Å². The van der Waals surface area contributed by atoms with Crippen molar-refractivity contribution in [1.82, 2.24) is 4.90 Å². The van der Waals surface area contributed by atoms with E-state index >= 15 is 0 Å². The Hall–Kier alpha value is -1.56. The third-order valence-electron chi connectivity index (χ3n) is 4.26. The molecule has 6 heteroatoms. The molecule has 1 amide bonds. The molecule has 5 nitrogen and oxygen atoms in total. The number of anilines is 1. The Morgan fingerprint density at radius 1 is 1.30 bits per heavy atom. The average molecular weight is 338 g/mol. The van der Waals surface area contributed by atoms with Gasteiger partial charge in [0.15, 0.2) is 0 Å². The van der Waals surface area contributed by atoms with Crippen LogP contribution in [0.5, 0.6) is 0 Å². The topological polar surface area (TPSA) is 57.7 Å². The van der Waals surface area contributed by atoms with Crippen molar-refractivity contribution in [2.24, 2.45) is 5.92 Å². The predicted octanol–water partition coefficient (Wildman–Crippen LogP) is 2.41. The summed E-state index contributed by atoms with van der Waals surface area (Å²) in [4.78, 5) is 14.2. The van der Waals surface area contributed by atoms with E-state index in [1.807, 2.05) is 24.0 Å². The molecule has 23 heavy (non-hydrogen) atoms. The summed E-state index contributed by atoms with van der Waals surface area (Å²) in [6, 6.07) is 7.32. The molecule has 0 N–H and O–H groups in total. The Morgan fingerprint density at radius 2 is 1.96 bits per heavy atom. The van der Waals surface area contributed by atoms with Gasteiger partial charge in [-0.25, -0.2) is 8.42 Å². The third kappa shape index (κ3) is 4.96. The second-order valence-electron chi connectivity index (χ2n) is 6.51. The quantitative estimate of drug-likeness (QED) is 0.828. The maximum Gasteiger partial charge on any atom is 0.232 e. The minimum atomic E-state index is -3.41. The van der Waals surface area contributed by atoms with Gasteiger partial charge in [0.25, 0.3) is 0 Å². The fraction of sp³-hybridized carbons (Fsp3) is 0.588. The van der Waals surface area contributed by atoms with E-state index in [0.717, 1.165) is 31.5 Å². The molecule has 1 aliphatic rings. The molecular weight excluding hydrogens is 312 g/mol. The fourth-order valence-corrected chi connectivity index (χ4v) is 3.90. The second kappa shape index (κ2) is 7.34. The number of carbonyl (C=O) groups is 1. The summed E-state index contributed by atoms with van der Waals surface area (Å²) >= 11 is 0. The van der Waals surface area contributed by atoms with Crippen LogP contribution in [0.25, 0.3) is 0 Å². The Labute approximate surface area is 139 Å². The Kier molecular flexibility index (Phi) is 5.68. The fourth-order valence-electron chi connectivity index (χ4n) is 2.97. The molecule has 0 saturated carbocycles. The van der Waals surface area contributed by atoms with Crippen LogP contribution < -0.4 is 4.31 Å². The van der Waals surface area contributed by atoms with E-state index in [2.05, 4.69) is 6.92 Å². The van der Waals surface area contributed by atoms with Crippen molar-refractivity contribution in [2.45, 2.75) is 33.1 Å². The van der Waals surface area contributed by atoms with E-state index < -0.39 is 10.0 Å². The van der Waals surface area contributed by atoms with Crippen molar-refractivity contribution >= 4 is 21.6 Å². The highest BCUT2D eigenvalue weighted by Gasteiger charge is 2.23. The van der Waals surface area contributed by atoms with Gasteiger partial charge in [-0.15, -0.1) is 0 Å². The minimum Gasteiger partial charge on any atom is -0.342 e. The molecule has 0 aromatic heterocycles. The molecule has 1 aromatic rings. The van der Waals surface area contributed by atoms with Gasteiger partial charge in [-0.1, -0.05) is 24.6 Å². The zero-order valence-electron chi connectivity index (χ0n) is 14.2. The number of sulfonamides is 1. The molecule has 0 radical (unpaired) electrons. The zero-order chi connectivity index (χ0) is 17.0. The predicted molar refractivity (Wildman–Crippen MR) is 93.0 cm³/mol. The van der Waals surface area contributed by atoms with Crippen LogP contribution in [0.4, 0.5) is 5.69 Å². The summed E-state index contributed by atoms with van der Waals surface area (Å²) in [5, 5.41) is 0. The molecule has 0 aliphatic carbocycles. The Balaban J connectivity index is 2.04. The smallest absolute Gasteiger partial charge is 0.232 e. The third-order valence-corrected chi connectivity index (χ3v) is 5.45. The molecule has 0 bridgehead atoms. The van der Waals surface area contributed by atoms with Crippen LogP contribution in [0.2, 0.25) is 0 Å². The molecule has 1 saturated heterocycles. The van der Waals surface area contributed by atoms with Gasteiger partial charge in [-0.05, 0) is 37.8 Å². The van der Waals surface area contributed by atoms with E-state index in [1.54, 1.807) is 12.1 Å². The number of hydrogen-bond donors (Lipinski definition) is 0. The van der Waals surface area contributed by atoms with Gasteiger partial charge in [-0.3, -0.25) is 9.10 Å². The van der Waals surface area contributed by atoms with Crippen LogP contribution in [0.15, 0.2) is 24.3 Å². The molecule has 2 rings (SSSR count). The van der Waals surface area contributed by atoms with Crippen molar-refractivity contribution in [1.29, 1.82) is 0 Å². The largest absolute Gasteiger partial charge is 0.342 e. The van der Waals surface area contributed by atoms with Crippen LogP contribution in [0, 0.1) is 12.8 Å². The summed E-state index contributed by atoms with van der Waals surface area (Å²) in [7, 11) is -3.41. The summed E-state index contributed by atoms with van der Waals surface area (Å²) < 4.78 is 25.4.